The van der Waals surface area contributed by atoms with E-state index in [1.807, 2.05) is 6.08 Å². The maximum absolute atomic E-state index is 14.3. The summed E-state index contributed by atoms with van der Waals surface area (Å²) in [4.78, 5) is 45.7. The summed E-state index contributed by atoms with van der Waals surface area (Å²) in [5, 5.41) is 15.5. The molecule has 0 bridgehead atoms. The van der Waals surface area contributed by atoms with Crippen molar-refractivity contribution >= 4 is 34.6 Å². The molecule has 1 aliphatic carbocycles. The van der Waals surface area contributed by atoms with Gasteiger partial charge in [0.2, 0.25) is 11.8 Å². The molecule has 0 unspecified atom stereocenters. The molecule has 2 amide bonds. The number of aromatic nitrogens is 1. The molecule has 244 valence electrons. The van der Waals surface area contributed by atoms with Crippen LogP contribution in [0, 0.1) is 11.7 Å². The molecule has 6 rings (SSSR count). The number of aliphatic carboxylic acids is 1. The van der Waals surface area contributed by atoms with E-state index >= 15 is 0 Å². The standard InChI is InChI=1S/C32H32F4N4O6/c33-20-12-19(32(34,35)36)13-21(14-20)37-24-10-5-3-1-2-4-8-18-16-31(18,29(43)44)39-27(41)25-15-22(17-40(25)28(24)42)45-30-38-23-9-6-7-11-26(23)46-30/h4,6-9,11-14,18,22,24-25,37H,1-3,5,10,15-17H2,(H,39,41)(H,43,44)/b8-4-/t18-,22-,24+,25+,31-/m1/s1. The number of fused-ring (bicyclic) bond motifs is 3. The molecule has 1 saturated heterocycles. The smallest absolute Gasteiger partial charge is 0.416 e. The van der Waals surface area contributed by atoms with Crippen LogP contribution in [-0.2, 0) is 20.6 Å². The predicted molar refractivity (Wildman–Crippen MR) is 156 cm³/mol. The van der Waals surface area contributed by atoms with Crippen LogP contribution in [0.5, 0.6) is 6.08 Å². The van der Waals surface area contributed by atoms with Gasteiger partial charge in [0.1, 0.15) is 35.1 Å². The minimum Gasteiger partial charge on any atom is -0.479 e. The Morgan fingerprint density at radius 3 is 2.72 bits per heavy atom. The Morgan fingerprint density at radius 1 is 1.15 bits per heavy atom. The largest absolute Gasteiger partial charge is 0.479 e. The lowest BCUT2D eigenvalue weighted by molar-refractivity contribution is -0.145. The van der Waals surface area contributed by atoms with Crippen LogP contribution in [0.25, 0.3) is 11.1 Å². The Labute approximate surface area is 260 Å². The maximum atomic E-state index is 14.3. The van der Waals surface area contributed by atoms with Crippen molar-refractivity contribution in [2.75, 3.05) is 11.9 Å². The Hall–Kier alpha value is -4.62. The van der Waals surface area contributed by atoms with Crippen LogP contribution in [0.4, 0.5) is 23.2 Å². The molecule has 2 aromatic carbocycles. The molecule has 3 heterocycles. The van der Waals surface area contributed by atoms with E-state index in [1.54, 1.807) is 30.3 Å². The second kappa shape index (κ2) is 12.3. The third kappa shape index (κ3) is 6.51. The summed E-state index contributed by atoms with van der Waals surface area (Å²) >= 11 is 0. The summed E-state index contributed by atoms with van der Waals surface area (Å²) in [5.41, 5.74) is -1.97. The average Bonchev–Trinajstić information content (AvgIpc) is 3.31. The van der Waals surface area contributed by atoms with E-state index in [4.69, 9.17) is 9.15 Å². The number of allylic oxidation sites excluding steroid dienone is 1. The Morgan fingerprint density at radius 2 is 1.96 bits per heavy atom. The number of benzene rings is 2. The Bertz CT molecular complexity index is 1640. The number of carboxylic acids is 1. The number of amides is 2. The molecular weight excluding hydrogens is 612 g/mol. The quantitative estimate of drug-likeness (QED) is 0.252. The van der Waals surface area contributed by atoms with Gasteiger partial charge in [-0.2, -0.15) is 18.2 Å². The lowest BCUT2D eigenvalue weighted by Gasteiger charge is -2.30. The van der Waals surface area contributed by atoms with Crippen LogP contribution in [-0.4, -0.2) is 63.0 Å². The molecule has 46 heavy (non-hydrogen) atoms. The van der Waals surface area contributed by atoms with E-state index < -0.39 is 65.0 Å². The van der Waals surface area contributed by atoms with Crippen LogP contribution in [0.15, 0.2) is 59.0 Å². The number of para-hydroxylation sites is 2. The fourth-order valence-corrected chi connectivity index (χ4v) is 6.23. The van der Waals surface area contributed by atoms with Gasteiger partial charge in [0.05, 0.1) is 12.1 Å². The number of ether oxygens (including phenoxy) is 1. The number of hydrogen-bond donors (Lipinski definition) is 3. The topological polar surface area (TPSA) is 134 Å². The highest BCUT2D eigenvalue weighted by Gasteiger charge is 2.61. The predicted octanol–water partition coefficient (Wildman–Crippen LogP) is 5.29. The van der Waals surface area contributed by atoms with Crippen molar-refractivity contribution in [3.05, 3.63) is 66.0 Å². The van der Waals surface area contributed by atoms with Crippen LogP contribution < -0.4 is 15.4 Å². The third-order valence-electron chi connectivity index (χ3n) is 8.73. The number of anilines is 1. The molecule has 0 spiro atoms. The fourth-order valence-electron chi connectivity index (χ4n) is 6.23. The number of nitrogens with zero attached hydrogens (tertiary/aromatic N) is 2. The summed E-state index contributed by atoms with van der Waals surface area (Å²) in [7, 11) is 0. The van der Waals surface area contributed by atoms with E-state index in [2.05, 4.69) is 15.6 Å². The van der Waals surface area contributed by atoms with Gasteiger partial charge < -0.3 is 29.8 Å². The van der Waals surface area contributed by atoms with Crippen LogP contribution >= 0.6 is 0 Å². The molecule has 5 atom stereocenters. The summed E-state index contributed by atoms with van der Waals surface area (Å²) < 4.78 is 66.2. The molecule has 10 nitrogen and oxygen atoms in total. The molecule has 2 fully saturated rings. The van der Waals surface area contributed by atoms with E-state index in [0.717, 1.165) is 18.6 Å². The molecule has 3 aromatic rings. The summed E-state index contributed by atoms with van der Waals surface area (Å²) in [5.74, 6) is -4.06. The molecule has 1 saturated carbocycles. The van der Waals surface area contributed by atoms with E-state index in [0.29, 0.717) is 36.4 Å². The van der Waals surface area contributed by atoms with Gasteiger partial charge >= 0.3 is 18.2 Å². The van der Waals surface area contributed by atoms with Gasteiger partial charge in [0, 0.05) is 18.0 Å². The first-order valence-corrected chi connectivity index (χ1v) is 15.1. The van der Waals surface area contributed by atoms with Gasteiger partial charge in [-0.3, -0.25) is 9.59 Å². The second-order valence-electron chi connectivity index (χ2n) is 12.0. The van der Waals surface area contributed by atoms with Crippen LogP contribution in [0.2, 0.25) is 0 Å². The zero-order valence-corrected chi connectivity index (χ0v) is 24.6. The lowest BCUT2D eigenvalue weighted by atomic mass is 10.0. The van der Waals surface area contributed by atoms with Gasteiger partial charge in [0.25, 0.3) is 0 Å². The van der Waals surface area contributed by atoms with E-state index in [-0.39, 0.29) is 37.6 Å². The third-order valence-corrected chi connectivity index (χ3v) is 8.73. The Balaban J connectivity index is 1.31. The van der Waals surface area contributed by atoms with Gasteiger partial charge in [-0.05, 0) is 56.0 Å². The number of alkyl halides is 3. The summed E-state index contributed by atoms with van der Waals surface area (Å²) in [6.07, 6.45) is 0.888. The van der Waals surface area contributed by atoms with Crippen molar-refractivity contribution < 1.29 is 46.2 Å². The Kier molecular flexibility index (Phi) is 8.38. The van der Waals surface area contributed by atoms with Crippen molar-refractivity contribution in [3.8, 4) is 6.08 Å². The first kappa shape index (κ1) is 31.4. The number of carbonyl (C=O) groups excluding carboxylic acids is 2. The molecule has 1 aromatic heterocycles. The number of nitrogens with one attached hydrogen (secondary N) is 2. The van der Waals surface area contributed by atoms with Gasteiger partial charge in [0.15, 0.2) is 5.58 Å². The van der Waals surface area contributed by atoms with Crippen LogP contribution in [0.3, 0.4) is 0 Å². The molecule has 2 aliphatic heterocycles. The fraction of sp³-hybridized carbons (Fsp3) is 0.438. The molecular formula is C32H32F4N4O6. The van der Waals surface area contributed by atoms with Crippen molar-refractivity contribution in [1.29, 1.82) is 0 Å². The number of rotatable bonds is 5. The highest BCUT2D eigenvalue weighted by molar-refractivity contribution is 5.96. The summed E-state index contributed by atoms with van der Waals surface area (Å²) in [6.45, 7) is -0.117. The second-order valence-corrected chi connectivity index (χ2v) is 12.0. The van der Waals surface area contributed by atoms with Crippen molar-refractivity contribution in [3.63, 3.8) is 0 Å². The minimum absolute atomic E-state index is 0.0303. The zero-order chi connectivity index (χ0) is 32.6. The lowest BCUT2D eigenvalue weighted by Crippen LogP contribution is -2.55. The van der Waals surface area contributed by atoms with Crippen molar-refractivity contribution in [2.24, 2.45) is 5.92 Å². The van der Waals surface area contributed by atoms with Gasteiger partial charge in [-0.1, -0.05) is 37.1 Å². The molecule has 14 heteroatoms. The average molecular weight is 645 g/mol. The SMILES string of the molecule is O=C1N[C@]2(C(=O)O)C[C@H]2/C=C\CCCCC[C@H](Nc2cc(F)cc(C(F)(F)F)c2)C(=O)N2C[C@H](Oc3nc4ccccc4o3)C[C@@H]12. The highest BCUT2D eigenvalue weighted by Crippen LogP contribution is 2.45. The first-order valence-electron chi connectivity index (χ1n) is 15.1. The normalized spacial score (nSPS) is 28.0. The highest BCUT2D eigenvalue weighted by atomic mass is 19.4. The molecule has 3 N–H and O–H groups in total. The zero-order valence-electron chi connectivity index (χ0n) is 24.6. The molecule has 0 radical (unpaired) electrons. The van der Waals surface area contributed by atoms with Crippen molar-refractivity contribution in [1.82, 2.24) is 15.2 Å². The maximum Gasteiger partial charge on any atom is 0.416 e. The number of hydrogen-bond acceptors (Lipinski definition) is 7. The number of oxazole rings is 1. The summed E-state index contributed by atoms with van der Waals surface area (Å²) in [6, 6.07) is 6.63. The number of halogens is 4. The number of carbonyl (C=O) groups is 3. The first-order chi connectivity index (χ1) is 21.9. The molecule has 3 aliphatic rings. The minimum atomic E-state index is -4.81. The van der Waals surface area contributed by atoms with Crippen LogP contribution in [0.1, 0.15) is 50.5 Å². The van der Waals surface area contributed by atoms with E-state index in [9.17, 15) is 37.1 Å². The monoisotopic (exact) mass is 644 g/mol. The van der Waals surface area contributed by atoms with Gasteiger partial charge in [-0.15, -0.1) is 0 Å². The van der Waals surface area contributed by atoms with E-state index in [1.165, 1.54) is 4.90 Å². The number of carboxylic acid groups (broad SMARTS) is 1. The van der Waals surface area contributed by atoms with Gasteiger partial charge in [-0.25, -0.2) is 9.18 Å². The van der Waals surface area contributed by atoms with Crippen molar-refractivity contribution in [2.45, 2.75) is 74.8 Å².